The molecule has 1 atom stereocenters. The summed E-state index contributed by atoms with van der Waals surface area (Å²) in [5, 5.41) is 8.80. The number of nitriles is 1. The topological polar surface area (TPSA) is 33.0 Å². The van der Waals surface area contributed by atoms with Crippen LogP contribution in [-0.2, 0) is 11.2 Å². The highest BCUT2D eigenvalue weighted by Crippen LogP contribution is 2.21. The predicted molar refractivity (Wildman–Crippen MR) is 81.4 cm³/mol. The molecule has 102 valence electrons. The Balaban J connectivity index is 2.13. The summed E-state index contributed by atoms with van der Waals surface area (Å²) in [6.07, 6.45) is 2.25. The average Bonchev–Trinajstić information content (AvgIpc) is 2.53. The van der Waals surface area contributed by atoms with E-state index in [9.17, 15) is 0 Å². The molecular formula is C18H19NO. The van der Waals surface area contributed by atoms with Gasteiger partial charge in [0.1, 0.15) is 0 Å². The summed E-state index contributed by atoms with van der Waals surface area (Å²) in [7, 11) is 1.76. The molecule has 0 saturated carbocycles. The maximum atomic E-state index is 8.80. The third-order valence-electron chi connectivity index (χ3n) is 3.55. The van der Waals surface area contributed by atoms with Crippen LogP contribution in [0.4, 0.5) is 0 Å². The van der Waals surface area contributed by atoms with Crippen LogP contribution < -0.4 is 0 Å². The van der Waals surface area contributed by atoms with Crippen molar-refractivity contribution in [2.75, 3.05) is 7.11 Å². The number of hydrogen-bond acceptors (Lipinski definition) is 2. The second-order valence-corrected chi connectivity index (χ2v) is 4.86. The van der Waals surface area contributed by atoms with E-state index in [1.54, 1.807) is 7.11 Å². The molecule has 0 aliphatic rings. The van der Waals surface area contributed by atoms with Gasteiger partial charge in [-0.2, -0.15) is 5.26 Å². The molecule has 0 aromatic heterocycles. The van der Waals surface area contributed by atoms with Gasteiger partial charge in [0.05, 0.1) is 17.7 Å². The van der Waals surface area contributed by atoms with Crippen molar-refractivity contribution in [3.63, 3.8) is 0 Å². The summed E-state index contributed by atoms with van der Waals surface area (Å²) in [6, 6.07) is 18.3. The van der Waals surface area contributed by atoms with Crippen LogP contribution in [0.1, 0.15) is 24.5 Å². The zero-order valence-electron chi connectivity index (χ0n) is 12.0. The lowest BCUT2D eigenvalue weighted by Gasteiger charge is -2.13. The van der Waals surface area contributed by atoms with Gasteiger partial charge in [-0.25, -0.2) is 0 Å². The van der Waals surface area contributed by atoms with Crippen molar-refractivity contribution in [2.45, 2.75) is 25.9 Å². The zero-order chi connectivity index (χ0) is 14.4. The lowest BCUT2D eigenvalue weighted by atomic mass is 10.00. The molecule has 0 radical (unpaired) electrons. The Morgan fingerprint density at radius 2 is 1.55 bits per heavy atom. The van der Waals surface area contributed by atoms with Crippen molar-refractivity contribution < 1.29 is 4.74 Å². The highest BCUT2D eigenvalue weighted by Gasteiger charge is 2.06. The molecule has 0 aliphatic carbocycles. The van der Waals surface area contributed by atoms with Crippen LogP contribution in [0.5, 0.6) is 0 Å². The molecule has 2 aromatic carbocycles. The van der Waals surface area contributed by atoms with Crippen LogP contribution in [0.2, 0.25) is 0 Å². The number of hydrogen-bond donors (Lipinski definition) is 0. The smallest absolute Gasteiger partial charge is 0.0991 e. The van der Waals surface area contributed by atoms with Gasteiger partial charge in [0.2, 0.25) is 0 Å². The number of rotatable bonds is 5. The third-order valence-corrected chi connectivity index (χ3v) is 3.55. The molecule has 0 amide bonds. The number of benzene rings is 2. The molecule has 2 aromatic rings. The number of nitrogens with zero attached hydrogens (tertiary/aromatic N) is 1. The molecule has 0 heterocycles. The van der Waals surface area contributed by atoms with Crippen molar-refractivity contribution in [1.29, 1.82) is 5.26 Å². The van der Waals surface area contributed by atoms with Crippen LogP contribution in [0, 0.1) is 11.3 Å². The molecular weight excluding hydrogens is 246 g/mol. The molecule has 2 rings (SSSR count). The zero-order valence-corrected chi connectivity index (χ0v) is 12.0. The minimum atomic E-state index is 0.288. The molecule has 2 heteroatoms. The van der Waals surface area contributed by atoms with Crippen LogP contribution >= 0.6 is 0 Å². The molecule has 20 heavy (non-hydrogen) atoms. The van der Waals surface area contributed by atoms with Crippen LogP contribution in [0.25, 0.3) is 11.1 Å². The Morgan fingerprint density at radius 3 is 2.00 bits per heavy atom. The van der Waals surface area contributed by atoms with E-state index in [0.717, 1.165) is 18.4 Å². The lowest BCUT2D eigenvalue weighted by molar-refractivity contribution is 0.0998. The van der Waals surface area contributed by atoms with Gasteiger partial charge in [0.15, 0.2) is 0 Å². The maximum Gasteiger partial charge on any atom is 0.0991 e. The normalized spacial score (nSPS) is 11.8. The molecule has 0 spiro atoms. The van der Waals surface area contributed by atoms with E-state index in [-0.39, 0.29) is 6.10 Å². The van der Waals surface area contributed by atoms with Crippen molar-refractivity contribution in [2.24, 2.45) is 0 Å². The van der Waals surface area contributed by atoms with Gasteiger partial charge in [0.25, 0.3) is 0 Å². The van der Waals surface area contributed by atoms with Gasteiger partial charge in [-0.1, -0.05) is 43.3 Å². The second-order valence-electron chi connectivity index (χ2n) is 4.86. The lowest BCUT2D eigenvalue weighted by Crippen LogP contribution is -2.12. The first-order chi connectivity index (χ1) is 9.76. The summed E-state index contributed by atoms with van der Waals surface area (Å²) in [5.41, 5.74) is 4.28. The molecule has 1 unspecified atom stereocenters. The second kappa shape index (κ2) is 6.88. The fourth-order valence-corrected chi connectivity index (χ4v) is 2.23. The predicted octanol–water partition coefficient (Wildman–Crippen LogP) is 4.19. The van der Waals surface area contributed by atoms with Gasteiger partial charge in [0, 0.05) is 7.11 Å². The average molecular weight is 265 g/mol. The summed E-state index contributed by atoms with van der Waals surface area (Å²) in [6.45, 7) is 2.14. The molecule has 0 bridgehead atoms. The molecule has 0 saturated heterocycles. The van der Waals surface area contributed by atoms with Crippen LogP contribution in [0.3, 0.4) is 0 Å². The largest absolute Gasteiger partial charge is 0.381 e. The van der Waals surface area contributed by atoms with Gasteiger partial charge >= 0.3 is 0 Å². The SMILES string of the molecule is CCC(Cc1ccc(-c2ccc(C#N)cc2)cc1)OC. The Morgan fingerprint density at radius 1 is 1.00 bits per heavy atom. The van der Waals surface area contributed by atoms with E-state index in [0.29, 0.717) is 5.56 Å². The van der Waals surface area contributed by atoms with E-state index in [4.69, 9.17) is 10.00 Å². The first-order valence-corrected chi connectivity index (χ1v) is 6.89. The number of methoxy groups -OCH3 is 1. The summed E-state index contributed by atoms with van der Waals surface area (Å²) in [5.74, 6) is 0. The monoisotopic (exact) mass is 265 g/mol. The fourth-order valence-electron chi connectivity index (χ4n) is 2.23. The first kappa shape index (κ1) is 14.3. The highest BCUT2D eigenvalue weighted by molar-refractivity contribution is 5.64. The summed E-state index contributed by atoms with van der Waals surface area (Å²) in [4.78, 5) is 0. The van der Waals surface area contributed by atoms with E-state index in [1.807, 2.05) is 24.3 Å². The minimum absolute atomic E-state index is 0.288. The highest BCUT2D eigenvalue weighted by atomic mass is 16.5. The molecule has 0 N–H and O–H groups in total. The Hall–Kier alpha value is -2.11. The van der Waals surface area contributed by atoms with Crippen molar-refractivity contribution in [3.8, 4) is 17.2 Å². The van der Waals surface area contributed by atoms with Gasteiger partial charge in [-0.3, -0.25) is 0 Å². The molecule has 2 nitrogen and oxygen atoms in total. The maximum absolute atomic E-state index is 8.80. The Bertz CT molecular complexity index is 574. The van der Waals surface area contributed by atoms with E-state index in [2.05, 4.69) is 37.3 Å². The summed E-state index contributed by atoms with van der Waals surface area (Å²) < 4.78 is 5.41. The van der Waals surface area contributed by atoms with Gasteiger partial charge < -0.3 is 4.74 Å². The van der Waals surface area contributed by atoms with Crippen LogP contribution in [0.15, 0.2) is 48.5 Å². The van der Waals surface area contributed by atoms with Gasteiger partial charge in [-0.15, -0.1) is 0 Å². The third kappa shape index (κ3) is 3.46. The van der Waals surface area contributed by atoms with Gasteiger partial charge in [-0.05, 0) is 41.7 Å². The minimum Gasteiger partial charge on any atom is -0.381 e. The van der Waals surface area contributed by atoms with E-state index < -0.39 is 0 Å². The molecule has 0 fully saturated rings. The standard InChI is InChI=1S/C18H19NO/c1-3-18(20-2)12-14-4-8-16(9-5-14)17-10-6-15(13-19)7-11-17/h4-11,18H,3,12H2,1-2H3. The molecule has 0 aliphatic heterocycles. The summed E-state index contributed by atoms with van der Waals surface area (Å²) >= 11 is 0. The van der Waals surface area contributed by atoms with Crippen molar-refractivity contribution in [1.82, 2.24) is 0 Å². The quantitative estimate of drug-likeness (QED) is 0.812. The first-order valence-electron chi connectivity index (χ1n) is 6.89. The fraction of sp³-hybridized carbons (Fsp3) is 0.278. The Kier molecular flexibility index (Phi) is 4.92. The Labute approximate surface area is 120 Å². The van der Waals surface area contributed by atoms with Crippen LogP contribution in [-0.4, -0.2) is 13.2 Å². The van der Waals surface area contributed by atoms with Crippen molar-refractivity contribution in [3.05, 3.63) is 59.7 Å². The van der Waals surface area contributed by atoms with Crippen molar-refractivity contribution >= 4 is 0 Å². The number of ether oxygens (including phenoxy) is 1. The van der Waals surface area contributed by atoms with E-state index >= 15 is 0 Å². The van der Waals surface area contributed by atoms with E-state index in [1.165, 1.54) is 11.1 Å².